The van der Waals surface area contributed by atoms with Crippen LogP contribution in [0.1, 0.15) is 6.92 Å². The molecule has 0 spiro atoms. The van der Waals surface area contributed by atoms with E-state index in [9.17, 15) is 18.9 Å². The van der Waals surface area contributed by atoms with Crippen molar-refractivity contribution in [2.24, 2.45) is 0 Å². The maximum Gasteiger partial charge on any atom is 0.413 e. The highest BCUT2D eigenvalue weighted by Crippen LogP contribution is 2.26. The largest absolute Gasteiger partial charge is 0.606 e. The molecule has 1 aromatic heterocycles. The fraction of sp³-hybridized carbons (Fsp3) is 0.200. The van der Waals surface area contributed by atoms with Gasteiger partial charge in [0.2, 0.25) is 5.95 Å². The molecule has 0 radical (unpaired) electrons. The standard InChI is InChI=1S/C20H20N4O6S/c1-3-30-17(25)12-21-19(26)24-16-10-9-14(31(28)13-7-5-4-6-8-13)11-15(16)22-18(24)23-20(27)29-2/h4-11H,3,12H2,1-2H3,(H,21,26)(H,22,23,27). The molecule has 0 saturated heterocycles. The molecular formula is C20H20N4O6S. The number of nitrogens with zero attached hydrogens (tertiary/aromatic N) is 2. The van der Waals surface area contributed by atoms with Crippen LogP contribution in [-0.4, -0.2) is 52.5 Å². The molecule has 1 unspecified atom stereocenters. The van der Waals surface area contributed by atoms with Gasteiger partial charge in [-0.25, -0.2) is 19.1 Å². The highest BCUT2D eigenvalue weighted by molar-refractivity contribution is 7.91. The molecule has 0 saturated carbocycles. The van der Waals surface area contributed by atoms with Crippen molar-refractivity contribution in [1.82, 2.24) is 14.9 Å². The fourth-order valence-electron chi connectivity index (χ4n) is 2.73. The first-order valence-electron chi connectivity index (χ1n) is 9.22. The number of nitrogens with one attached hydrogen (secondary N) is 2. The van der Waals surface area contributed by atoms with Crippen LogP contribution in [0.4, 0.5) is 15.5 Å². The molecule has 0 aliphatic carbocycles. The summed E-state index contributed by atoms with van der Waals surface area (Å²) in [6.45, 7) is 1.47. The van der Waals surface area contributed by atoms with Crippen molar-refractivity contribution in [2.75, 3.05) is 25.6 Å². The van der Waals surface area contributed by atoms with Crippen LogP contribution in [0.25, 0.3) is 11.0 Å². The Hall–Kier alpha value is -3.57. The topological polar surface area (TPSA) is 135 Å². The number of carbonyl (C=O) groups is 3. The summed E-state index contributed by atoms with van der Waals surface area (Å²) in [6, 6.07) is 12.9. The van der Waals surface area contributed by atoms with Crippen LogP contribution in [0.2, 0.25) is 0 Å². The van der Waals surface area contributed by atoms with Gasteiger partial charge in [0, 0.05) is 17.2 Å². The number of esters is 1. The zero-order valence-corrected chi connectivity index (χ0v) is 17.6. The normalized spacial score (nSPS) is 11.6. The molecule has 11 heteroatoms. The number of rotatable bonds is 6. The number of hydrogen-bond acceptors (Lipinski definition) is 7. The van der Waals surface area contributed by atoms with Crippen LogP contribution in [0.5, 0.6) is 0 Å². The van der Waals surface area contributed by atoms with E-state index in [1.54, 1.807) is 49.4 Å². The summed E-state index contributed by atoms with van der Waals surface area (Å²) in [6.07, 6.45) is -0.831. The first-order chi connectivity index (χ1) is 14.9. The Bertz CT molecular complexity index is 1100. The number of ether oxygens (including phenoxy) is 2. The van der Waals surface area contributed by atoms with Crippen molar-refractivity contribution in [1.29, 1.82) is 0 Å². The van der Waals surface area contributed by atoms with Gasteiger partial charge in [-0.3, -0.25) is 10.1 Å². The van der Waals surface area contributed by atoms with E-state index >= 15 is 0 Å². The highest BCUT2D eigenvalue weighted by atomic mass is 32.2. The molecule has 0 aliphatic heterocycles. The fourth-order valence-corrected chi connectivity index (χ4v) is 3.81. The van der Waals surface area contributed by atoms with E-state index in [-0.39, 0.29) is 19.1 Å². The minimum Gasteiger partial charge on any atom is -0.606 e. The predicted octanol–water partition coefficient (Wildman–Crippen LogP) is 2.50. The molecule has 3 rings (SSSR count). The van der Waals surface area contributed by atoms with Gasteiger partial charge in [0.25, 0.3) is 0 Å². The van der Waals surface area contributed by atoms with Gasteiger partial charge in [0.15, 0.2) is 9.79 Å². The van der Waals surface area contributed by atoms with Crippen molar-refractivity contribution >= 4 is 46.3 Å². The third-order valence-corrected chi connectivity index (χ3v) is 5.47. The van der Waals surface area contributed by atoms with Gasteiger partial charge in [-0.1, -0.05) is 18.2 Å². The molecule has 0 fully saturated rings. The molecule has 10 nitrogen and oxygen atoms in total. The van der Waals surface area contributed by atoms with Gasteiger partial charge < -0.3 is 19.3 Å². The van der Waals surface area contributed by atoms with Gasteiger partial charge in [0.1, 0.15) is 6.54 Å². The first-order valence-corrected chi connectivity index (χ1v) is 10.4. The molecule has 2 N–H and O–H groups in total. The quantitative estimate of drug-likeness (QED) is 0.440. The number of amides is 2. The third-order valence-electron chi connectivity index (χ3n) is 4.09. The van der Waals surface area contributed by atoms with Crippen LogP contribution >= 0.6 is 0 Å². The Labute approximate surface area is 180 Å². The molecule has 1 atom stereocenters. The van der Waals surface area contributed by atoms with Gasteiger partial charge in [-0.15, -0.1) is 0 Å². The molecule has 3 aromatic rings. The number of anilines is 1. The maximum absolute atomic E-state index is 12.8. The van der Waals surface area contributed by atoms with Crippen molar-refractivity contribution in [2.45, 2.75) is 16.7 Å². The lowest BCUT2D eigenvalue weighted by Gasteiger charge is -2.11. The molecule has 0 bridgehead atoms. The van der Waals surface area contributed by atoms with E-state index in [2.05, 4.69) is 20.4 Å². The second kappa shape index (κ2) is 9.96. The Morgan fingerprint density at radius 3 is 2.55 bits per heavy atom. The summed E-state index contributed by atoms with van der Waals surface area (Å²) in [5.74, 6) is -0.728. The van der Waals surface area contributed by atoms with E-state index in [1.165, 1.54) is 7.11 Å². The minimum absolute atomic E-state index is 0.120. The second-order valence-corrected chi connectivity index (χ2v) is 7.56. The molecule has 0 aliphatic rings. The summed E-state index contributed by atoms with van der Waals surface area (Å²) < 4.78 is 23.3. The number of aromatic nitrogens is 2. The van der Waals surface area contributed by atoms with Crippen LogP contribution in [0.3, 0.4) is 0 Å². The van der Waals surface area contributed by atoms with Gasteiger partial charge in [0.05, 0.1) is 24.8 Å². The monoisotopic (exact) mass is 444 g/mol. The van der Waals surface area contributed by atoms with Crippen LogP contribution in [0.15, 0.2) is 58.3 Å². The summed E-state index contributed by atoms with van der Waals surface area (Å²) in [5, 5.41) is 4.78. The second-order valence-electron chi connectivity index (χ2n) is 6.08. The minimum atomic E-state index is -1.46. The Morgan fingerprint density at radius 1 is 1.13 bits per heavy atom. The predicted molar refractivity (Wildman–Crippen MR) is 112 cm³/mol. The number of hydrogen-bond donors (Lipinski definition) is 2. The zero-order chi connectivity index (χ0) is 22.4. The smallest absolute Gasteiger partial charge is 0.413 e. The summed E-state index contributed by atoms with van der Waals surface area (Å²) in [7, 11) is 1.17. The number of carbonyl (C=O) groups excluding carboxylic acids is 3. The maximum atomic E-state index is 12.8. The number of imidazole rings is 1. The zero-order valence-electron chi connectivity index (χ0n) is 16.8. The van der Waals surface area contributed by atoms with E-state index in [4.69, 9.17) is 4.74 Å². The van der Waals surface area contributed by atoms with Crippen molar-refractivity contribution in [3.8, 4) is 0 Å². The average molecular weight is 444 g/mol. The summed E-state index contributed by atoms with van der Waals surface area (Å²) in [4.78, 5) is 41.3. The number of fused-ring (bicyclic) bond motifs is 1. The molecular weight excluding hydrogens is 424 g/mol. The van der Waals surface area contributed by atoms with Crippen molar-refractivity contribution in [3.63, 3.8) is 0 Å². The summed E-state index contributed by atoms with van der Waals surface area (Å²) >= 11 is -1.46. The average Bonchev–Trinajstić information content (AvgIpc) is 3.14. The van der Waals surface area contributed by atoms with Gasteiger partial charge in [-0.2, -0.15) is 0 Å². The molecule has 162 valence electrons. The Morgan fingerprint density at radius 2 is 1.87 bits per heavy atom. The van der Waals surface area contributed by atoms with E-state index < -0.39 is 29.3 Å². The lowest BCUT2D eigenvalue weighted by Crippen LogP contribution is -2.34. The van der Waals surface area contributed by atoms with Gasteiger partial charge >= 0.3 is 18.1 Å². The molecule has 31 heavy (non-hydrogen) atoms. The van der Waals surface area contributed by atoms with E-state index in [1.807, 2.05) is 6.07 Å². The molecule has 1 heterocycles. The SMILES string of the molecule is CCOC(=O)CNC(=O)n1c(NC(=O)OC)nc2cc([S+]([O-])c3ccccc3)ccc21. The third kappa shape index (κ3) is 5.13. The van der Waals surface area contributed by atoms with Crippen molar-refractivity contribution < 1.29 is 28.4 Å². The highest BCUT2D eigenvalue weighted by Gasteiger charge is 2.22. The first kappa shape index (κ1) is 22.1. The van der Waals surface area contributed by atoms with E-state index in [0.29, 0.717) is 20.8 Å². The van der Waals surface area contributed by atoms with Crippen molar-refractivity contribution in [3.05, 3.63) is 48.5 Å². The molecule has 2 amide bonds. The molecule has 2 aromatic carbocycles. The summed E-state index contributed by atoms with van der Waals surface area (Å²) in [5.41, 5.74) is 0.654. The van der Waals surface area contributed by atoms with Crippen LogP contribution in [-0.2, 0) is 25.4 Å². The number of benzene rings is 2. The Balaban J connectivity index is 1.96. The number of methoxy groups -OCH3 is 1. The lowest BCUT2D eigenvalue weighted by atomic mass is 10.3. The Kier molecular flexibility index (Phi) is 7.11. The van der Waals surface area contributed by atoms with Crippen LogP contribution < -0.4 is 10.6 Å². The van der Waals surface area contributed by atoms with E-state index in [0.717, 1.165) is 4.57 Å². The van der Waals surface area contributed by atoms with Crippen LogP contribution in [0, 0.1) is 0 Å². The lowest BCUT2D eigenvalue weighted by molar-refractivity contribution is -0.141. The van der Waals surface area contributed by atoms with Gasteiger partial charge in [-0.05, 0) is 31.2 Å².